The van der Waals surface area contributed by atoms with Gasteiger partial charge in [0.1, 0.15) is 0 Å². The van der Waals surface area contributed by atoms with Gasteiger partial charge in [-0.1, -0.05) is 0 Å². The molecule has 21 heavy (non-hydrogen) atoms. The first-order valence-corrected chi connectivity index (χ1v) is 7.49. The number of ether oxygens (including phenoxy) is 2. The van der Waals surface area contributed by atoms with Crippen LogP contribution in [0, 0.1) is 0 Å². The molecule has 0 atom stereocenters. The Morgan fingerprint density at radius 1 is 1.24 bits per heavy atom. The van der Waals surface area contributed by atoms with E-state index < -0.39 is 0 Å². The third-order valence-electron chi connectivity index (χ3n) is 3.22. The molecule has 7 heteroatoms. The third kappa shape index (κ3) is 2.45. The molecule has 0 aliphatic carbocycles. The van der Waals surface area contributed by atoms with Gasteiger partial charge in [-0.05, 0) is 18.2 Å². The van der Waals surface area contributed by atoms with Crippen molar-refractivity contribution in [1.82, 2.24) is 14.6 Å². The number of rotatable bonds is 5. The van der Waals surface area contributed by atoms with E-state index in [-0.39, 0.29) is 0 Å². The summed E-state index contributed by atoms with van der Waals surface area (Å²) in [6.07, 6.45) is 0.898. The van der Waals surface area contributed by atoms with Crippen molar-refractivity contribution < 1.29 is 15.2 Å². The zero-order valence-corrected chi connectivity index (χ0v) is 12.8. The van der Waals surface area contributed by atoms with Crippen LogP contribution in [0.15, 0.2) is 23.6 Å². The number of thiazole rings is 1. The lowest BCUT2D eigenvalue weighted by atomic mass is 10.2. The number of methoxy groups -OCH3 is 2. The highest BCUT2D eigenvalue weighted by molar-refractivity contribution is 7.15. The molecule has 0 spiro atoms. The highest BCUT2D eigenvalue weighted by Crippen LogP contribution is 2.31. The highest BCUT2D eigenvalue weighted by atomic mass is 32.1. The van der Waals surface area contributed by atoms with Crippen LogP contribution in [0.25, 0.3) is 16.3 Å². The van der Waals surface area contributed by atoms with Crippen molar-refractivity contribution in [2.75, 3.05) is 20.8 Å². The van der Waals surface area contributed by atoms with Crippen LogP contribution in [0.3, 0.4) is 0 Å². The monoisotopic (exact) mass is 305 g/mol. The summed E-state index contributed by atoms with van der Waals surface area (Å²) in [5.74, 6) is 2.05. The Labute approximate surface area is 126 Å². The van der Waals surface area contributed by atoms with Gasteiger partial charge in [-0.25, -0.2) is 4.52 Å². The number of nitrogens with zero attached hydrogens (tertiary/aromatic N) is 3. The van der Waals surface area contributed by atoms with Crippen LogP contribution in [0.4, 0.5) is 0 Å². The van der Waals surface area contributed by atoms with Crippen molar-refractivity contribution in [3.63, 3.8) is 0 Å². The van der Waals surface area contributed by atoms with Gasteiger partial charge in [0.2, 0.25) is 4.96 Å². The zero-order chi connectivity index (χ0) is 14.8. The van der Waals surface area contributed by atoms with Crippen molar-refractivity contribution in [3.05, 3.63) is 29.3 Å². The number of aromatic nitrogens is 3. The van der Waals surface area contributed by atoms with Gasteiger partial charge >= 0.3 is 0 Å². The van der Waals surface area contributed by atoms with Gasteiger partial charge in [-0.3, -0.25) is 0 Å². The maximum atomic E-state index is 5.32. The van der Waals surface area contributed by atoms with Gasteiger partial charge in [0.05, 0.1) is 26.5 Å². The van der Waals surface area contributed by atoms with E-state index in [0.717, 1.165) is 29.2 Å². The zero-order valence-electron chi connectivity index (χ0n) is 12.0. The Morgan fingerprint density at radius 2 is 2.05 bits per heavy atom. The summed E-state index contributed by atoms with van der Waals surface area (Å²) in [7, 11) is 3.24. The van der Waals surface area contributed by atoms with Crippen LogP contribution < -0.4 is 15.2 Å². The molecule has 0 aliphatic heterocycles. The molecular formula is C14H17N4O2S+. The number of quaternary nitrogens is 1. The number of fused-ring (bicyclic) bond motifs is 1. The molecular weight excluding hydrogens is 288 g/mol. The number of benzene rings is 1. The maximum absolute atomic E-state index is 5.32. The molecule has 0 saturated carbocycles. The van der Waals surface area contributed by atoms with Crippen LogP contribution in [0.5, 0.6) is 11.5 Å². The SMILES string of the molecule is COc1ccc(-c2nc3scc(CC[NH3+])n3n2)cc1OC. The second-order valence-corrected chi connectivity index (χ2v) is 5.37. The average Bonchev–Trinajstić information content (AvgIpc) is 3.09. The topological polar surface area (TPSA) is 76.3 Å². The lowest BCUT2D eigenvalue weighted by molar-refractivity contribution is -0.366. The molecule has 2 heterocycles. The van der Waals surface area contributed by atoms with Crippen LogP contribution in [-0.2, 0) is 6.42 Å². The molecule has 0 saturated heterocycles. The molecule has 110 valence electrons. The van der Waals surface area contributed by atoms with Gasteiger partial charge < -0.3 is 15.2 Å². The first-order chi connectivity index (χ1) is 10.3. The van der Waals surface area contributed by atoms with Gasteiger partial charge in [0, 0.05) is 17.4 Å². The van der Waals surface area contributed by atoms with Gasteiger partial charge in [-0.15, -0.1) is 16.4 Å². The predicted molar refractivity (Wildman–Crippen MR) is 80.9 cm³/mol. The summed E-state index contributed by atoms with van der Waals surface area (Å²) in [4.78, 5) is 5.46. The predicted octanol–water partition coefficient (Wildman–Crippen LogP) is 1.26. The quantitative estimate of drug-likeness (QED) is 0.770. The molecule has 0 unspecified atom stereocenters. The van der Waals surface area contributed by atoms with E-state index in [0.29, 0.717) is 17.3 Å². The van der Waals surface area contributed by atoms with E-state index in [1.807, 2.05) is 22.7 Å². The molecule has 3 N–H and O–H groups in total. The first kappa shape index (κ1) is 13.8. The van der Waals surface area contributed by atoms with Crippen LogP contribution in [0.2, 0.25) is 0 Å². The van der Waals surface area contributed by atoms with E-state index >= 15 is 0 Å². The lowest BCUT2D eigenvalue weighted by Crippen LogP contribution is -2.51. The summed E-state index contributed by atoms with van der Waals surface area (Å²) in [5.41, 5.74) is 5.94. The summed E-state index contributed by atoms with van der Waals surface area (Å²) in [6, 6.07) is 5.68. The Kier molecular flexibility index (Phi) is 3.76. The van der Waals surface area contributed by atoms with Gasteiger partial charge in [0.15, 0.2) is 17.3 Å². The van der Waals surface area contributed by atoms with E-state index in [4.69, 9.17) is 9.47 Å². The Bertz CT molecular complexity index is 766. The van der Waals surface area contributed by atoms with E-state index in [1.165, 1.54) is 0 Å². The second kappa shape index (κ2) is 5.71. The Hall–Kier alpha value is -2.12. The van der Waals surface area contributed by atoms with Crippen LogP contribution >= 0.6 is 11.3 Å². The summed E-state index contributed by atoms with van der Waals surface area (Å²) >= 11 is 1.59. The molecule has 0 aliphatic rings. The maximum Gasteiger partial charge on any atom is 0.212 e. The molecule has 2 aromatic heterocycles. The highest BCUT2D eigenvalue weighted by Gasteiger charge is 2.13. The Balaban J connectivity index is 2.03. The minimum atomic E-state index is 0.672. The minimum Gasteiger partial charge on any atom is -0.493 e. The fourth-order valence-electron chi connectivity index (χ4n) is 2.18. The van der Waals surface area contributed by atoms with Crippen molar-refractivity contribution in [2.24, 2.45) is 0 Å². The standard InChI is InChI=1S/C14H16N4O2S/c1-19-11-4-3-9(7-12(11)20-2)13-16-14-18(17-13)10(5-6-15)8-21-14/h3-4,7-8H,5-6,15H2,1-2H3/p+1. The molecule has 3 rings (SSSR count). The Morgan fingerprint density at radius 3 is 2.76 bits per heavy atom. The largest absolute Gasteiger partial charge is 0.493 e. The minimum absolute atomic E-state index is 0.672. The van der Waals surface area contributed by atoms with Crippen molar-refractivity contribution in [2.45, 2.75) is 6.42 Å². The van der Waals surface area contributed by atoms with E-state index in [1.54, 1.807) is 25.6 Å². The molecule has 0 fully saturated rings. The molecule has 0 amide bonds. The number of hydrogen-bond donors (Lipinski definition) is 1. The van der Waals surface area contributed by atoms with Crippen LogP contribution in [-0.4, -0.2) is 35.4 Å². The summed E-state index contributed by atoms with van der Waals surface area (Å²) in [6.45, 7) is 0.845. The fraction of sp³-hybridized carbons (Fsp3) is 0.286. The van der Waals surface area contributed by atoms with E-state index in [9.17, 15) is 0 Å². The number of hydrogen-bond acceptors (Lipinski definition) is 5. The summed E-state index contributed by atoms with van der Waals surface area (Å²) < 4.78 is 12.5. The van der Waals surface area contributed by atoms with Crippen molar-refractivity contribution in [3.8, 4) is 22.9 Å². The molecule has 3 aromatic rings. The molecule has 6 nitrogen and oxygen atoms in total. The van der Waals surface area contributed by atoms with Crippen LogP contribution in [0.1, 0.15) is 5.69 Å². The van der Waals surface area contributed by atoms with Crippen molar-refractivity contribution >= 4 is 16.3 Å². The van der Waals surface area contributed by atoms with Crippen molar-refractivity contribution in [1.29, 1.82) is 0 Å². The van der Waals surface area contributed by atoms with Gasteiger partial charge in [0.25, 0.3) is 0 Å². The normalized spacial score (nSPS) is 11.0. The smallest absolute Gasteiger partial charge is 0.212 e. The van der Waals surface area contributed by atoms with Gasteiger partial charge in [-0.2, -0.15) is 4.98 Å². The molecule has 1 aromatic carbocycles. The van der Waals surface area contributed by atoms with E-state index in [2.05, 4.69) is 21.2 Å². The average molecular weight is 305 g/mol. The lowest BCUT2D eigenvalue weighted by Gasteiger charge is -2.07. The fourth-order valence-corrected chi connectivity index (χ4v) is 3.03. The first-order valence-electron chi connectivity index (χ1n) is 6.61. The third-order valence-corrected chi connectivity index (χ3v) is 4.09. The molecule has 0 bridgehead atoms. The summed E-state index contributed by atoms with van der Waals surface area (Å²) in [5, 5.41) is 6.67. The molecule has 0 radical (unpaired) electrons. The second-order valence-electron chi connectivity index (χ2n) is 4.53.